The highest BCUT2D eigenvalue weighted by atomic mass is 16.2. The van der Waals surface area contributed by atoms with Crippen molar-refractivity contribution in [1.82, 2.24) is 19.7 Å². The summed E-state index contributed by atoms with van der Waals surface area (Å²) in [5.74, 6) is -0.213. The van der Waals surface area contributed by atoms with Crippen LogP contribution in [0, 0.1) is 5.92 Å². The second-order valence-corrected chi connectivity index (χ2v) is 7.18. The molecule has 0 bridgehead atoms. The largest absolute Gasteiger partial charge is 0.349 e. The Bertz CT molecular complexity index is 1210. The molecule has 3 aromatic heterocycles. The molecule has 0 fully saturated rings. The quantitative estimate of drug-likeness (QED) is 0.548. The Morgan fingerprint density at radius 3 is 2.69 bits per heavy atom. The third-order valence-corrected chi connectivity index (χ3v) is 4.52. The highest BCUT2D eigenvalue weighted by molar-refractivity contribution is 6.11. The Labute approximate surface area is 167 Å². The number of nitrogens with one attached hydrogen (secondary N) is 2. The van der Waals surface area contributed by atoms with Crippen molar-refractivity contribution in [3.63, 3.8) is 0 Å². The molecule has 0 aliphatic carbocycles. The molecular weight excluding hydrogens is 366 g/mol. The predicted octanol–water partition coefficient (Wildman–Crippen LogP) is 3.52. The molecule has 1 aromatic carbocycles. The van der Waals surface area contributed by atoms with E-state index in [0.717, 1.165) is 5.39 Å². The van der Waals surface area contributed by atoms with E-state index in [1.54, 1.807) is 35.0 Å². The third kappa shape index (κ3) is 3.67. The number of rotatable bonds is 5. The fourth-order valence-electron chi connectivity index (χ4n) is 3.13. The van der Waals surface area contributed by atoms with Gasteiger partial charge in [-0.05, 0) is 30.2 Å². The first kappa shape index (κ1) is 18.6. The van der Waals surface area contributed by atoms with Gasteiger partial charge in [0.2, 0.25) is 5.82 Å². The first-order chi connectivity index (χ1) is 14.0. The molecule has 7 heteroatoms. The van der Waals surface area contributed by atoms with E-state index in [-0.39, 0.29) is 17.4 Å². The van der Waals surface area contributed by atoms with Gasteiger partial charge in [-0.3, -0.25) is 19.0 Å². The lowest BCUT2D eigenvalue weighted by Gasteiger charge is -2.06. The molecule has 4 aromatic rings. The number of fused-ring (bicyclic) bond motifs is 2. The average molecular weight is 387 g/mol. The fourth-order valence-corrected chi connectivity index (χ4v) is 3.13. The molecule has 3 heterocycles. The van der Waals surface area contributed by atoms with E-state index in [4.69, 9.17) is 0 Å². The molecular formula is C22H21N5O2. The number of benzene rings is 1. The smallest absolute Gasteiger partial charge is 0.287 e. The number of nitrogens with zero attached hydrogens (tertiary/aromatic N) is 3. The normalized spacial score (nSPS) is 11.1. The van der Waals surface area contributed by atoms with E-state index in [9.17, 15) is 9.59 Å². The summed E-state index contributed by atoms with van der Waals surface area (Å²) in [7, 11) is 0. The van der Waals surface area contributed by atoms with Crippen molar-refractivity contribution < 1.29 is 9.59 Å². The van der Waals surface area contributed by atoms with Crippen molar-refractivity contribution in [3.8, 4) is 0 Å². The minimum Gasteiger partial charge on any atom is -0.349 e. The van der Waals surface area contributed by atoms with E-state index in [2.05, 4.69) is 20.6 Å². The van der Waals surface area contributed by atoms with Gasteiger partial charge in [-0.1, -0.05) is 38.1 Å². The lowest BCUT2D eigenvalue weighted by atomic mass is 10.2. The van der Waals surface area contributed by atoms with Gasteiger partial charge in [0.25, 0.3) is 11.8 Å². The van der Waals surface area contributed by atoms with Crippen molar-refractivity contribution >= 4 is 33.9 Å². The van der Waals surface area contributed by atoms with Gasteiger partial charge in [-0.15, -0.1) is 0 Å². The molecule has 29 heavy (non-hydrogen) atoms. The van der Waals surface area contributed by atoms with Crippen LogP contribution in [0.5, 0.6) is 0 Å². The molecule has 0 aliphatic heterocycles. The van der Waals surface area contributed by atoms with Gasteiger partial charge < -0.3 is 10.6 Å². The number of amides is 2. The molecule has 0 saturated heterocycles. The first-order valence-electron chi connectivity index (χ1n) is 9.45. The first-order valence-corrected chi connectivity index (χ1v) is 9.45. The number of anilines is 1. The molecule has 0 spiro atoms. The molecule has 2 N–H and O–H groups in total. The number of carbonyl (C=O) groups excluding carboxylic acids is 2. The van der Waals surface area contributed by atoms with Gasteiger partial charge in [0, 0.05) is 24.3 Å². The summed E-state index contributed by atoms with van der Waals surface area (Å²) in [6.07, 6.45) is 3.41. The summed E-state index contributed by atoms with van der Waals surface area (Å²) < 4.78 is 1.63. The summed E-state index contributed by atoms with van der Waals surface area (Å²) in [5, 5.41) is 6.66. The average Bonchev–Trinajstić information content (AvgIpc) is 3.12. The molecule has 7 nitrogen and oxygen atoms in total. The number of aromatic nitrogens is 3. The van der Waals surface area contributed by atoms with Crippen LogP contribution in [-0.2, 0) is 0 Å². The predicted molar refractivity (Wildman–Crippen MR) is 112 cm³/mol. The Kier molecular flexibility index (Phi) is 4.95. The van der Waals surface area contributed by atoms with E-state index >= 15 is 0 Å². The Hall–Kier alpha value is -3.74. The molecule has 0 aliphatic rings. The number of para-hydroxylation sites is 1. The van der Waals surface area contributed by atoms with E-state index in [1.807, 2.05) is 44.2 Å². The molecule has 0 radical (unpaired) electrons. The van der Waals surface area contributed by atoms with Crippen molar-refractivity contribution in [3.05, 3.63) is 72.4 Å². The maximum absolute atomic E-state index is 13.0. The zero-order valence-electron chi connectivity index (χ0n) is 16.2. The van der Waals surface area contributed by atoms with Crippen LogP contribution >= 0.6 is 0 Å². The molecule has 2 amide bonds. The Morgan fingerprint density at radius 1 is 1.03 bits per heavy atom. The topological polar surface area (TPSA) is 88.4 Å². The summed E-state index contributed by atoms with van der Waals surface area (Å²) in [6.45, 7) is 4.56. The maximum atomic E-state index is 13.0. The third-order valence-electron chi connectivity index (χ3n) is 4.52. The second kappa shape index (κ2) is 7.71. The lowest BCUT2D eigenvalue weighted by Crippen LogP contribution is -2.29. The second-order valence-electron chi connectivity index (χ2n) is 7.18. The van der Waals surface area contributed by atoms with Gasteiger partial charge in [0.05, 0.1) is 16.7 Å². The number of hydrogen-bond acceptors (Lipinski definition) is 4. The van der Waals surface area contributed by atoms with Crippen molar-refractivity contribution in [1.29, 1.82) is 0 Å². The lowest BCUT2D eigenvalue weighted by molar-refractivity contribution is 0.0938. The zero-order chi connectivity index (χ0) is 20.4. The molecule has 0 unspecified atom stereocenters. The van der Waals surface area contributed by atoms with Crippen molar-refractivity contribution in [2.75, 3.05) is 11.9 Å². The van der Waals surface area contributed by atoms with E-state index in [0.29, 0.717) is 29.2 Å². The van der Waals surface area contributed by atoms with E-state index in [1.165, 1.54) is 0 Å². The SMILES string of the molecule is CC(C)CNC(=O)c1nc(C(=O)Nc2cccc3cccnc23)c2ccccn12. The van der Waals surface area contributed by atoms with Gasteiger partial charge in [0.15, 0.2) is 5.69 Å². The van der Waals surface area contributed by atoms with Gasteiger partial charge in [0.1, 0.15) is 0 Å². The van der Waals surface area contributed by atoms with Crippen molar-refractivity contribution in [2.24, 2.45) is 5.92 Å². The molecule has 0 saturated carbocycles. The summed E-state index contributed by atoms with van der Waals surface area (Å²) in [4.78, 5) is 34.3. The zero-order valence-corrected chi connectivity index (χ0v) is 16.2. The van der Waals surface area contributed by atoms with Crippen LogP contribution in [-0.4, -0.2) is 32.7 Å². The monoisotopic (exact) mass is 387 g/mol. The standard InChI is InChI=1S/C22H21N5O2/c1-14(2)13-24-22(29)20-26-19(17-10-3-4-12-27(17)20)21(28)25-16-9-5-7-15-8-6-11-23-18(15)16/h3-12,14H,13H2,1-2H3,(H,24,29)(H,25,28). The Balaban J connectivity index is 1.70. The maximum Gasteiger partial charge on any atom is 0.287 e. The number of imidazole rings is 1. The summed E-state index contributed by atoms with van der Waals surface area (Å²) in [6, 6.07) is 14.7. The number of carbonyl (C=O) groups is 2. The molecule has 0 atom stereocenters. The minimum atomic E-state index is -0.394. The van der Waals surface area contributed by atoms with Crippen LogP contribution in [0.25, 0.3) is 16.4 Å². The van der Waals surface area contributed by atoms with Crippen LogP contribution in [0.4, 0.5) is 5.69 Å². The highest BCUT2D eigenvalue weighted by Gasteiger charge is 2.22. The molecule has 146 valence electrons. The number of hydrogen-bond donors (Lipinski definition) is 2. The van der Waals surface area contributed by atoms with Crippen LogP contribution < -0.4 is 10.6 Å². The van der Waals surface area contributed by atoms with Gasteiger partial charge in [-0.2, -0.15) is 0 Å². The van der Waals surface area contributed by atoms with Gasteiger partial charge in [-0.25, -0.2) is 4.98 Å². The summed E-state index contributed by atoms with van der Waals surface area (Å²) in [5.41, 5.74) is 2.04. The molecule has 4 rings (SSSR count). The van der Waals surface area contributed by atoms with Crippen molar-refractivity contribution in [2.45, 2.75) is 13.8 Å². The van der Waals surface area contributed by atoms with Crippen LogP contribution in [0.1, 0.15) is 35.0 Å². The van der Waals surface area contributed by atoms with Crippen LogP contribution in [0.3, 0.4) is 0 Å². The minimum absolute atomic E-state index is 0.183. The fraction of sp³-hybridized carbons (Fsp3) is 0.182. The van der Waals surface area contributed by atoms with Gasteiger partial charge >= 0.3 is 0 Å². The summed E-state index contributed by atoms with van der Waals surface area (Å²) >= 11 is 0. The number of pyridine rings is 2. The highest BCUT2D eigenvalue weighted by Crippen LogP contribution is 2.22. The Morgan fingerprint density at radius 2 is 1.86 bits per heavy atom. The van der Waals surface area contributed by atoms with Crippen LogP contribution in [0.15, 0.2) is 60.9 Å². The van der Waals surface area contributed by atoms with E-state index < -0.39 is 5.91 Å². The van der Waals surface area contributed by atoms with Crippen LogP contribution in [0.2, 0.25) is 0 Å².